The Morgan fingerprint density at radius 3 is 2.76 bits per heavy atom. The smallest absolute Gasteiger partial charge is 0.325 e. The Bertz CT molecular complexity index is 296. The summed E-state index contributed by atoms with van der Waals surface area (Å²) in [6.45, 7) is 3.63. The van der Waals surface area contributed by atoms with Gasteiger partial charge >= 0.3 is 12.0 Å². The quantitative estimate of drug-likeness (QED) is 0.608. The molecule has 0 bridgehead atoms. The number of hydrogen-bond donors (Lipinski definition) is 3. The van der Waals surface area contributed by atoms with Gasteiger partial charge in [0.1, 0.15) is 6.04 Å². The number of aliphatic hydroxyl groups is 1. The van der Waals surface area contributed by atoms with Crippen molar-refractivity contribution in [3.05, 3.63) is 0 Å². The molecule has 98 valence electrons. The van der Waals surface area contributed by atoms with E-state index in [1.165, 1.54) is 11.8 Å². The molecule has 0 spiro atoms. The van der Waals surface area contributed by atoms with E-state index in [0.717, 1.165) is 0 Å². The summed E-state index contributed by atoms with van der Waals surface area (Å²) in [5.41, 5.74) is 0. The van der Waals surface area contributed by atoms with Gasteiger partial charge in [-0.05, 0) is 13.8 Å². The van der Waals surface area contributed by atoms with Gasteiger partial charge in [-0.2, -0.15) is 0 Å². The molecule has 0 radical (unpaired) electrons. The van der Waals surface area contributed by atoms with Crippen LogP contribution in [-0.4, -0.2) is 65.1 Å². The summed E-state index contributed by atoms with van der Waals surface area (Å²) in [6.07, 6.45) is -0.405. The third-order valence-electron chi connectivity index (χ3n) is 2.68. The number of aliphatic hydroxyl groups excluding tert-OH is 1. The van der Waals surface area contributed by atoms with Gasteiger partial charge in [-0.1, -0.05) is 0 Å². The van der Waals surface area contributed by atoms with Crippen LogP contribution in [0.15, 0.2) is 0 Å². The summed E-state index contributed by atoms with van der Waals surface area (Å²) in [6, 6.07) is -1.53. The third kappa shape index (κ3) is 3.57. The van der Waals surface area contributed by atoms with Gasteiger partial charge in [0.2, 0.25) is 0 Å². The van der Waals surface area contributed by atoms with Crippen LogP contribution in [0, 0.1) is 0 Å². The molecule has 0 saturated carbocycles. The van der Waals surface area contributed by atoms with Gasteiger partial charge in [-0.3, -0.25) is 4.79 Å². The first-order chi connectivity index (χ1) is 7.95. The van der Waals surface area contributed by atoms with Crippen LogP contribution >= 0.6 is 0 Å². The summed E-state index contributed by atoms with van der Waals surface area (Å²) >= 11 is 0. The molecule has 1 fully saturated rings. The molecule has 0 aromatic carbocycles. The molecule has 3 N–H and O–H groups in total. The Morgan fingerprint density at radius 1 is 1.59 bits per heavy atom. The van der Waals surface area contributed by atoms with E-state index < -0.39 is 24.1 Å². The van der Waals surface area contributed by atoms with Gasteiger partial charge < -0.3 is 25.2 Å². The van der Waals surface area contributed by atoms with Crippen molar-refractivity contribution < 1.29 is 24.5 Å². The normalized spacial score (nSPS) is 26.4. The second-order valence-electron chi connectivity index (χ2n) is 4.15. The van der Waals surface area contributed by atoms with Gasteiger partial charge in [0.25, 0.3) is 0 Å². The maximum Gasteiger partial charge on any atom is 0.325 e. The zero-order valence-electron chi connectivity index (χ0n) is 9.92. The lowest BCUT2D eigenvalue weighted by atomic mass is 10.2. The molecule has 0 aromatic rings. The van der Waals surface area contributed by atoms with Crippen molar-refractivity contribution in [2.45, 2.75) is 32.0 Å². The van der Waals surface area contributed by atoms with E-state index in [1.54, 1.807) is 6.92 Å². The molecule has 7 nitrogen and oxygen atoms in total. The van der Waals surface area contributed by atoms with Crippen LogP contribution < -0.4 is 5.32 Å². The van der Waals surface area contributed by atoms with Crippen LogP contribution in [0.4, 0.5) is 4.79 Å². The fourth-order valence-corrected chi connectivity index (χ4v) is 1.54. The number of nitrogens with zero attached hydrogens (tertiary/aromatic N) is 1. The number of carboxylic acid groups (broad SMARTS) is 1. The standard InChI is InChI=1S/C10H18N2O5/c1-6-5-17-8(4-13)3-12(6)10(16)11-7(2)9(14)15/h6-8,13H,3-5H2,1-2H3,(H,11,16)(H,14,15)/t6?,7-,8?/m1/s1. The van der Waals surface area contributed by atoms with E-state index >= 15 is 0 Å². The highest BCUT2D eigenvalue weighted by Gasteiger charge is 2.30. The average molecular weight is 246 g/mol. The number of hydrogen-bond acceptors (Lipinski definition) is 4. The van der Waals surface area contributed by atoms with Crippen molar-refractivity contribution in [3.8, 4) is 0 Å². The van der Waals surface area contributed by atoms with Crippen LogP contribution in [0.5, 0.6) is 0 Å². The van der Waals surface area contributed by atoms with E-state index in [-0.39, 0.29) is 19.2 Å². The summed E-state index contributed by atoms with van der Waals surface area (Å²) in [7, 11) is 0. The lowest BCUT2D eigenvalue weighted by Crippen LogP contribution is -2.57. The lowest BCUT2D eigenvalue weighted by molar-refractivity contribution is -0.138. The number of urea groups is 1. The number of morpholine rings is 1. The number of carbonyl (C=O) groups excluding carboxylic acids is 1. The average Bonchev–Trinajstić information content (AvgIpc) is 2.29. The number of ether oxygens (including phenoxy) is 1. The van der Waals surface area contributed by atoms with E-state index in [4.69, 9.17) is 14.9 Å². The maximum absolute atomic E-state index is 11.8. The van der Waals surface area contributed by atoms with E-state index in [1.807, 2.05) is 0 Å². The van der Waals surface area contributed by atoms with Gasteiger partial charge in [-0.25, -0.2) is 4.79 Å². The molecule has 1 aliphatic heterocycles. The molecular weight excluding hydrogens is 228 g/mol. The topological polar surface area (TPSA) is 99.1 Å². The van der Waals surface area contributed by atoms with Crippen molar-refractivity contribution in [3.63, 3.8) is 0 Å². The molecule has 0 aliphatic carbocycles. The fourth-order valence-electron chi connectivity index (χ4n) is 1.54. The summed E-state index contributed by atoms with van der Waals surface area (Å²) < 4.78 is 5.28. The highest BCUT2D eigenvalue weighted by molar-refractivity contribution is 5.82. The molecular formula is C10H18N2O5. The van der Waals surface area contributed by atoms with Crippen molar-refractivity contribution in [2.75, 3.05) is 19.8 Å². The van der Waals surface area contributed by atoms with Crippen LogP contribution in [0.1, 0.15) is 13.8 Å². The Hall–Kier alpha value is -1.34. The summed E-state index contributed by atoms with van der Waals surface area (Å²) in [4.78, 5) is 23.9. The highest BCUT2D eigenvalue weighted by Crippen LogP contribution is 2.11. The molecule has 1 aliphatic rings. The van der Waals surface area contributed by atoms with Crippen molar-refractivity contribution in [2.24, 2.45) is 0 Å². The zero-order chi connectivity index (χ0) is 13.0. The van der Waals surface area contributed by atoms with E-state index in [0.29, 0.717) is 6.61 Å². The third-order valence-corrected chi connectivity index (χ3v) is 2.68. The number of carboxylic acids is 1. The molecule has 1 saturated heterocycles. The predicted octanol–water partition coefficient (Wildman–Crippen LogP) is -0.749. The van der Waals surface area contributed by atoms with Crippen LogP contribution in [0.2, 0.25) is 0 Å². The Labute approximate surface area is 99.4 Å². The molecule has 7 heteroatoms. The fraction of sp³-hybridized carbons (Fsp3) is 0.800. The molecule has 2 amide bonds. The molecule has 3 atom stereocenters. The van der Waals surface area contributed by atoms with Crippen molar-refractivity contribution in [1.29, 1.82) is 0 Å². The largest absolute Gasteiger partial charge is 0.480 e. The Balaban J connectivity index is 2.57. The number of rotatable bonds is 3. The molecule has 1 rings (SSSR count). The van der Waals surface area contributed by atoms with Crippen molar-refractivity contribution in [1.82, 2.24) is 10.2 Å². The zero-order valence-corrected chi connectivity index (χ0v) is 9.92. The van der Waals surface area contributed by atoms with Gasteiger partial charge in [0, 0.05) is 0 Å². The number of nitrogens with one attached hydrogen (secondary N) is 1. The Kier molecular flexibility index (Phi) is 4.71. The van der Waals surface area contributed by atoms with Gasteiger partial charge in [0.15, 0.2) is 0 Å². The molecule has 17 heavy (non-hydrogen) atoms. The van der Waals surface area contributed by atoms with E-state index in [9.17, 15) is 9.59 Å². The second kappa shape index (κ2) is 5.83. The number of carbonyl (C=O) groups is 2. The SMILES string of the molecule is CC1COC(CO)CN1C(=O)N[C@H](C)C(=O)O. The minimum Gasteiger partial charge on any atom is -0.480 e. The van der Waals surface area contributed by atoms with Gasteiger partial charge in [-0.15, -0.1) is 0 Å². The second-order valence-corrected chi connectivity index (χ2v) is 4.15. The minimum absolute atomic E-state index is 0.140. The first-order valence-corrected chi connectivity index (χ1v) is 5.48. The highest BCUT2D eigenvalue weighted by atomic mass is 16.5. The first-order valence-electron chi connectivity index (χ1n) is 5.48. The molecule has 2 unspecified atom stereocenters. The molecule has 0 aromatic heterocycles. The van der Waals surface area contributed by atoms with Crippen LogP contribution in [-0.2, 0) is 9.53 Å². The lowest BCUT2D eigenvalue weighted by Gasteiger charge is -2.37. The predicted molar refractivity (Wildman–Crippen MR) is 58.6 cm³/mol. The molecule has 1 heterocycles. The summed E-state index contributed by atoms with van der Waals surface area (Å²) in [5.74, 6) is -1.09. The van der Waals surface area contributed by atoms with Crippen LogP contribution in [0.25, 0.3) is 0 Å². The van der Waals surface area contributed by atoms with Crippen molar-refractivity contribution >= 4 is 12.0 Å². The summed E-state index contributed by atoms with van der Waals surface area (Å²) in [5, 5.41) is 20.0. The first kappa shape index (κ1) is 13.7. The minimum atomic E-state index is -1.09. The van der Waals surface area contributed by atoms with Crippen LogP contribution in [0.3, 0.4) is 0 Å². The monoisotopic (exact) mass is 246 g/mol. The Morgan fingerprint density at radius 2 is 2.24 bits per heavy atom. The van der Waals surface area contributed by atoms with E-state index in [2.05, 4.69) is 5.32 Å². The maximum atomic E-state index is 11.8. The number of aliphatic carboxylic acids is 1. The number of amides is 2. The van der Waals surface area contributed by atoms with Gasteiger partial charge in [0.05, 0.1) is 31.9 Å².